The van der Waals surface area contributed by atoms with Gasteiger partial charge in [-0.25, -0.2) is 0 Å². The molecule has 0 spiro atoms. The third kappa shape index (κ3) is 2.94. The second-order valence-electron chi connectivity index (χ2n) is 4.33. The number of rotatable bonds is 3. The van der Waals surface area contributed by atoms with Gasteiger partial charge in [-0.1, -0.05) is 17.7 Å². The van der Waals surface area contributed by atoms with Crippen LogP contribution in [0.5, 0.6) is 0 Å². The average Bonchev–Trinajstić information content (AvgIpc) is 2.63. The Balaban J connectivity index is 2.07. The Morgan fingerprint density at radius 1 is 1.59 bits per heavy atom. The van der Waals surface area contributed by atoms with Gasteiger partial charge in [0.2, 0.25) is 0 Å². The van der Waals surface area contributed by atoms with Crippen molar-refractivity contribution in [2.45, 2.75) is 19.0 Å². The normalized spacial score (nSPS) is 20.7. The zero-order valence-corrected chi connectivity index (χ0v) is 10.1. The van der Waals surface area contributed by atoms with E-state index in [4.69, 9.17) is 17.3 Å². The van der Waals surface area contributed by atoms with E-state index in [-0.39, 0.29) is 16.8 Å². The van der Waals surface area contributed by atoms with Crippen LogP contribution in [0, 0.1) is 10.1 Å². The maximum Gasteiger partial charge on any atom is 0.287 e. The van der Waals surface area contributed by atoms with E-state index in [0.717, 1.165) is 31.6 Å². The number of nitrogens with two attached hydrogens (primary N) is 1. The van der Waals surface area contributed by atoms with Crippen molar-refractivity contribution in [1.82, 2.24) is 4.90 Å². The second kappa shape index (κ2) is 5.00. The molecule has 92 valence electrons. The summed E-state index contributed by atoms with van der Waals surface area (Å²) in [7, 11) is 0. The molecule has 1 aliphatic heterocycles. The lowest BCUT2D eigenvalue weighted by atomic mass is 10.2. The molecule has 2 rings (SSSR count). The molecule has 5 nitrogen and oxygen atoms in total. The minimum absolute atomic E-state index is 0.0476. The molecule has 0 bridgehead atoms. The minimum Gasteiger partial charge on any atom is -0.326 e. The van der Waals surface area contributed by atoms with Crippen molar-refractivity contribution in [3.63, 3.8) is 0 Å². The molecule has 1 aromatic carbocycles. The quantitative estimate of drug-likeness (QED) is 0.660. The van der Waals surface area contributed by atoms with Crippen LogP contribution < -0.4 is 5.73 Å². The molecule has 1 aromatic rings. The van der Waals surface area contributed by atoms with Crippen LogP contribution in [0.25, 0.3) is 0 Å². The van der Waals surface area contributed by atoms with Crippen LogP contribution in [-0.4, -0.2) is 29.0 Å². The number of hydrogen-bond acceptors (Lipinski definition) is 4. The number of nitro groups is 1. The molecule has 1 aliphatic rings. The first-order chi connectivity index (χ1) is 8.06. The number of nitro benzene ring substituents is 1. The molecule has 6 heteroatoms. The molecule has 1 fully saturated rings. The zero-order chi connectivity index (χ0) is 12.4. The van der Waals surface area contributed by atoms with E-state index in [1.54, 1.807) is 12.1 Å². The lowest BCUT2D eigenvalue weighted by Crippen LogP contribution is -2.26. The molecule has 0 saturated carbocycles. The highest BCUT2D eigenvalue weighted by Crippen LogP contribution is 2.26. The van der Waals surface area contributed by atoms with Crippen LogP contribution in [0.2, 0.25) is 5.02 Å². The number of likely N-dealkylation sites (tertiary alicyclic amines) is 1. The van der Waals surface area contributed by atoms with Gasteiger partial charge >= 0.3 is 0 Å². The van der Waals surface area contributed by atoms with Crippen LogP contribution in [0.15, 0.2) is 18.2 Å². The van der Waals surface area contributed by atoms with Crippen LogP contribution in [0.4, 0.5) is 5.69 Å². The molecule has 1 heterocycles. The predicted octanol–water partition coefficient (Wildman–Crippen LogP) is 1.78. The number of benzene rings is 1. The lowest BCUT2D eigenvalue weighted by molar-refractivity contribution is -0.384. The fraction of sp³-hybridized carbons (Fsp3) is 0.455. The first-order valence-electron chi connectivity index (χ1n) is 5.47. The van der Waals surface area contributed by atoms with E-state index in [1.807, 2.05) is 0 Å². The standard InChI is InChI=1S/C11H14ClN3O2/c12-10-5-8(1-2-11(10)15(16)17)6-14-4-3-9(13)7-14/h1-2,5,9H,3-4,6-7,13H2/t9-/m1/s1. The molecule has 1 atom stereocenters. The fourth-order valence-corrected chi connectivity index (χ4v) is 2.33. The Bertz CT molecular complexity index is 439. The molecular formula is C11H14ClN3O2. The second-order valence-corrected chi connectivity index (χ2v) is 4.73. The summed E-state index contributed by atoms with van der Waals surface area (Å²) in [5.74, 6) is 0. The summed E-state index contributed by atoms with van der Waals surface area (Å²) in [5.41, 5.74) is 6.75. The average molecular weight is 256 g/mol. The van der Waals surface area contributed by atoms with Crippen molar-refractivity contribution in [1.29, 1.82) is 0 Å². The first-order valence-corrected chi connectivity index (χ1v) is 5.85. The Kier molecular flexibility index (Phi) is 3.61. The largest absolute Gasteiger partial charge is 0.326 e. The molecule has 0 radical (unpaired) electrons. The number of halogens is 1. The van der Waals surface area contributed by atoms with Gasteiger partial charge in [0.25, 0.3) is 5.69 Å². The van der Waals surface area contributed by atoms with Crippen molar-refractivity contribution in [2.75, 3.05) is 13.1 Å². The minimum atomic E-state index is -0.474. The van der Waals surface area contributed by atoms with Crippen molar-refractivity contribution in [3.05, 3.63) is 38.9 Å². The Labute approximate surface area is 104 Å². The smallest absolute Gasteiger partial charge is 0.287 e. The molecule has 1 saturated heterocycles. The van der Waals surface area contributed by atoms with Crippen LogP contribution in [-0.2, 0) is 6.54 Å². The molecule has 0 aliphatic carbocycles. The predicted molar refractivity (Wildman–Crippen MR) is 66.0 cm³/mol. The van der Waals surface area contributed by atoms with E-state index < -0.39 is 4.92 Å². The van der Waals surface area contributed by atoms with E-state index in [2.05, 4.69) is 4.90 Å². The van der Waals surface area contributed by atoms with E-state index in [1.165, 1.54) is 6.07 Å². The highest BCUT2D eigenvalue weighted by atomic mass is 35.5. The molecule has 17 heavy (non-hydrogen) atoms. The summed E-state index contributed by atoms with van der Waals surface area (Å²) in [6.45, 7) is 2.58. The van der Waals surface area contributed by atoms with Gasteiger partial charge < -0.3 is 5.73 Å². The van der Waals surface area contributed by atoms with Gasteiger partial charge in [-0.2, -0.15) is 0 Å². The van der Waals surface area contributed by atoms with Gasteiger partial charge in [-0.3, -0.25) is 15.0 Å². The molecule has 2 N–H and O–H groups in total. The Morgan fingerprint density at radius 2 is 2.35 bits per heavy atom. The zero-order valence-electron chi connectivity index (χ0n) is 9.30. The summed E-state index contributed by atoms with van der Waals surface area (Å²) in [6.07, 6.45) is 1.00. The van der Waals surface area contributed by atoms with Crippen LogP contribution >= 0.6 is 11.6 Å². The fourth-order valence-electron chi connectivity index (χ4n) is 2.06. The third-order valence-corrected chi connectivity index (χ3v) is 3.23. The Hall–Kier alpha value is -1.17. The summed E-state index contributed by atoms with van der Waals surface area (Å²) in [5, 5.41) is 10.8. The van der Waals surface area contributed by atoms with Crippen molar-refractivity contribution >= 4 is 17.3 Å². The highest BCUT2D eigenvalue weighted by molar-refractivity contribution is 6.32. The van der Waals surface area contributed by atoms with Gasteiger partial charge in [0, 0.05) is 31.7 Å². The topological polar surface area (TPSA) is 72.4 Å². The van der Waals surface area contributed by atoms with E-state index in [9.17, 15) is 10.1 Å². The summed E-state index contributed by atoms with van der Waals surface area (Å²) >= 11 is 5.85. The van der Waals surface area contributed by atoms with Crippen molar-refractivity contribution in [3.8, 4) is 0 Å². The van der Waals surface area contributed by atoms with Gasteiger partial charge in [0.1, 0.15) is 5.02 Å². The van der Waals surface area contributed by atoms with Crippen LogP contribution in [0.1, 0.15) is 12.0 Å². The van der Waals surface area contributed by atoms with Crippen LogP contribution in [0.3, 0.4) is 0 Å². The number of nitrogens with zero attached hydrogens (tertiary/aromatic N) is 2. The van der Waals surface area contributed by atoms with E-state index >= 15 is 0 Å². The first kappa shape index (κ1) is 12.3. The number of hydrogen-bond donors (Lipinski definition) is 1. The van der Waals surface area contributed by atoms with Gasteiger partial charge in [0.05, 0.1) is 4.92 Å². The van der Waals surface area contributed by atoms with Crippen molar-refractivity contribution < 1.29 is 4.92 Å². The van der Waals surface area contributed by atoms with E-state index in [0.29, 0.717) is 0 Å². The van der Waals surface area contributed by atoms with Crippen molar-refractivity contribution in [2.24, 2.45) is 5.73 Å². The SMILES string of the molecule is N[C@@H]1CCN(Cc2ccc([N+](=O)[O-])c(Cl)c2)C1. The summed E-state index contributed by atoms with van der Waals surface area (Å²) in [6, 6.07) is 5.09. The monoisotopic (exact) mass is 255 g/mol. The van der Waals surface area contributed by atoms with Gasteiger partial charge in [-0.15, -0.1) is 0 Å². The molecule has 0 aromatic heterocycles. The lowest BCUT2D eigenvalue weighted by Gasteiger charge is -2.15. The molecule has 0 amide bonds. The molecular weight excluding hydrogens is 242 g/mol. The Morgan fingerprint density at radius 3 is 2.88 bits per heavy atom. The third-order valence-electron chi connectivity index (χ3n) is 2.92. The summed E-state index contributed by atoms with van der Waals surface area (Å²) < 4.78 is 0. The maximum absolute atomic E-state index is 10.6. The van der Waals surface area contributed by atoms with Gasteiger partial charge in [0.15, 0.2) is 0 Å². The summed E-state index contributed by atoms with van der Waals surface area (Å²) in [4.78, 5) is 12.4. The molecule has 0 unspecified atom stereocenters. The highest BCUT2D eigenvalue weighted by Gasteiger charge is 2.20. The van der Waals surface area contributed by atoms with Gasteiger partial charge in [-0.05, 0) is 18.1 Å². The maximum atomic E-state index is 10.6.